The van der Waals surface area contributed by atoms with Gasteiger partial charge in [0, 0.05) is 114 Å². The van der Waals surface area contributed by atoms with E-state index in [2.05, 4.69) is 9.05 Å². The van der Waals surface area contributed by atoms with Gasteiger partial charge in [-0.25, -0.2) is 0 Å². The van der Waals surface area contributed by atoms with Crippen molar-refractivity contribution >= 4 is 94.1 Å². The van der Waals surface area contributed by atoms with Crippen LogP contribution in [0, 0.1) is 52.2 Å². The Labute approximate surface area is 769 Å². The first-order valence-corrected chi connectivity index (χ1v) is 42.9. The molecular weight excluding hydrogens is 2320 g/mol. The van der Waals surface area contributed by atoms with Gasteiger partial charge in [0.2, 0.25) is 0 Å². The molecule has 7 aliphatic rings. The summed E-state index contributed by atoms with van der Waals surface area (Å²) < 4.78 is 160. The van der Waals surface area contributed by atoms with E-state index in [1.54, 1.807) is 38.5 Å². The van der Waals surface area contributed by atoms with Crippen molar-refractivity contribution in [3.05, 3.63) is 24.5 Å². The standard InChI is InChI=1S/C18H27B2N2O8P.C15H28B2O8P.C9H12BNO2.2C8H16BO6P.C8H14BO3.H2O.4W/c1-10(2)25-6-14-16(18(8-21,9-22)17(20)29-14)30-31(23,24)26-7-13-12(27-11(3)4)5-15(19)28-13;1-10(2)20-6-12(22-9-16)7-23-26(18,19)25-13-5-15(17)24-14(13)8-21-11(3)4;1-6(2)12-5-8-3-7(4-11)9(10)13-8;2*1-5(2)14-6-3-8(9)15-7(6)4-13-16(10,11)12;1-5(2)11-4-7-6(10)3-8(9)12-7;;;;;/h10-17H,5-7H2,1-4H3,(H,23,24);5,10-15H,6-9H2,1-4H3,(H,18,19);3,6,8-9H,5H2,1-2H3;2*5-8H,3-4H2,1-2H3,(H2,10,11,12);3,5-8,10H,4H2,1-2H3;1H2;;;;/q;-1;;;;-1;;;;;/p-7/t12?,13-,14-,15-,16?,17-;12-,13?,14+,15+;8-,9+;3*6?,7-,8-;;;;;/m100111...../s1. The van der Waals surface area contributed by atoms with Crippen molar-refractivity contribution in [1.29, 1.82) is 15.8 Å². The van der Waals surface area contributed by atoms with Crippen molar-refractivity contribution in [3.8, 4) is 18.2 Å². The van der Waals surface area contributed by atoms with E-state index in [1.165, 1.54) is 6.42 Å². The first-order valence-electron chi connectivity index (χ1n) is 37.0. The van der Waals surface area contributed by atoms with E-state index in [0.29, 0.717) is 38.0 Å². The Hall–Kier alpha value is 1.20. The molecule has 119 heavy (non-hydrogen) atoms. The fourth-order valence-electron chi connectivity index (χ4n) is 10.7. The van der Waals surface area contributed by atoms with Crippen LogP contribution in [0.4, 0.5) is 0 Å². The molecule has 6 fully saturated rings. The van der Waals surface area contributed by atoms with E-state index in [-0.39, 0.29) is 209 Å². The first kappa shape index (κ1) is 126. The topological polar surface area (TPSA) is 531 Å². The zero-order valence-electron chi connectivity index (χ0n) is 69.5. The smallest absolute Gasteiger partial charge is 0.268 e. The first-order chi connectivity index (χ1) is 52.8. The maximum Gasteiger partial charge on any atom is 0.268 e. The molecule has 0 bridgehead atoms. The average molecular weight is 2430 g/mol. The molecule has 7 aliphatic heterocycles. The van der Waals surface area contributed by atoms with Crippen LogP contribution >= 0.6 is 31.3 Å². The second-order valence-electron chi connectivity index (χ2n) is 28.6. The number of phosphoric acid groups is 4. The summed E-state index contributed by atoms with van der Waals surface area (Å²) in [5, 5.41) is 37.1. The van der Waals surface area contributed by atoms with Crippen molar-refractivity contribution in [3.63, 3.8) is 0 Å². The molecular formula is C66H108B8N3O34P4W4-9. The van der Waals surface area contributed by atoms with Gasteiger partial charge in [-0.3, -0.25) is 22.0 Å². The minimum Gasteiger partial charge on any atom is -0.870 e. The number of hydrogen-bond donors (Lipinski definition) is 1. The van der Waals surface area contributed by atoms with Gasteiger partial charge in [0.25, 0.3) is 15.6 Å². The second kappa shape index (κ2) is 63.3. The number of hydrogen-bond acceptors (Lipinski definition) is 37. The van der Waals surface area contributed by atoms with Crippen LogP contribution in [-0.2, 0) is 205 Å². The largest absolute Gasteiger partial charge is 0.870 e. The number of nitriles is 3. The van der Waals surface area contributed by atoms with E-state index in [1.807, 2.05) is 103 Å². The maximum absolute atomic E-state index is 12.6. The zero-order valence-corrected chi connectivity index (χ0v) is 84.8. The molecule has 668 valence electrons. The van der Waals surface area contributed by atoms with Gasteiger partial charge in [0.1, 0.15) is 89.8 Å². The quantitative estimate of drug-likeness (QED) is 0.0432. The van der Waals surface area contributed by atoms with E-state index < -0.39 is 146 Å². The summed E-state index contributed by atoms with van der Waals surface area (Å²) in [7, 11) is 25.0. The number of phosphoric ester groups is 4. The fourth-order valence-corrected chi connectivity index (χ4v) is 13.3. The fraction of sp³-hybridized carbons (Fsp3) is 0.894. The van der Waals surface area contributed by atoms with Crippen LogP contribution in [-0.4, -0.2) is 316 Å². The number of ether oxygens (including phenoxy) is 16. The Kier molecular flexibility index (Phi) is 67.3. The van der Waals surface area contributed by atoms with Crippen molar-refractivity contribution < 1.29 is 245 Å². The van der Waals surface area contributed by atoms with Crippen molar-refractivity contribution in [2.24, 2.45) is 5.41 Å². The molecule has 37 nitrogen and oxygen atoms in total. The molecule has 0 aromatic heterocycles. The molecule has 7 heterocycles. The Morgan fingerprint density at radius 2 is 0.849 bits per heavy atom. The summed E-state index contributed by atoms with van der Waals surface area (Å²) in [5.74, 6) is 0. The van der Waals surface area contributed by atoms with Gasteiger partial charge in [0.05, 0.1) is 200 Å². The van der Waals surface area contributed by atoms with Gasteiger partial charge in [0.15, 0.2) is 5.41 Å². The molecule has 2 N–H and O–H groups in total. The van der Waals surface area contributed by atoms with Gasteiger partial charge in [-0.05, 0) is 148 Å². The molecule has 16 radical (unpaired) electrons. The third kappa shape index (κ3) is 53.3. The van der Waals surface area contributed by atoms with Crippen LogP contribution in [0.2, 0.25) is 0 Å². The average Bonchev–Trinajstić information content (AvgIpc) is 1.61. The third-order valence-electron chi connectivity index (χ3n) is 15.7. The molecule has 0 aliphatic carbocycles. The van der Waals surface area contributed by atoms with Crippen LogP contribution in [0.3, 0.4) is 0 Å². The Bertz CT molecular complexity index is 3030. The van der Waals surface area contributed by atoms with Gasteiger partial charge >= 0.3 is 0 Å². The van der Waals surface area contributed by atoms with Gasteiger partial charge in [-0.1, -0.05) is 12.0 Å². The number of aliphatic hydroxyl groups excluding tert-OH is 1. The summed E-state index contributed by atoms with van der Waals surface area (Å²) in [6.07, 6.45) is -3.15. The van der Waals surface area contributed by atoms with E-state index in [0.717, 1.165) is 0 Å². The number of nitrogens with zero attached hydrogens (tertiary/aromatic N) is 3. The minimum absolute atomic E-state index is 0. The summed E-state index contributed by atoms with van der Waals surface area (Å²) >= 11 is 0. The Morgan fingerprint density at radius 3 is 1.21 bits per heavy atom. The van der Waals surface area contributed by atoms with Crippen LogP contribution in [0.5, 0.6) is 0 Å². The zero-order chi connectivity index (χ0) is 86.8. The summed E-state index contributed by atoms with van der Waals surface area (Å²) in [6, 6.07) is 0.620. The van der Waals surface area contributed by atoms with Crippen molar-refractivity contribution in [2.45, 2.75) is 306 Å². The summed E-state index contributed by atoms with van der Waals surface area (Å²) in [4.78, 5) is 66.0. The van der Waals surface area contributed by atoms with Crippen LogP contribution < -0.4 is 29.4 Å². The normalized spacial score (nSPS) is 29.9. The molecule has 0 aromatic carbocycles. The molecule has 8 unspecified atom stereocenters. The summed E-state index contributed by atoms with van der Waals surface area (Å²) in [6.45, 7) is 29.2. The van der Waals surface area contributed by atoms with E-state index >= 15 is 0 Å². The Balaban J connectivity index is -0.000000683. The Morgan fingerprint density at radius 1 is 0.471 bits per heavy atom. The SMILES string of the molecule is [B]CO[C@@H](COC(C)C)COP(=O)([O-])OC1[CH-][C@H]([B])O[C@@H]1COC(C)C.[B][C@@H]1O[C@H](COC(C)C)C(OP(=O)([O-])OC[C@H]2O[C@@H]([B])CC2OC(C)C)C1(C#N)C#N.[B][C@@H]1O[C@H](COC(C)C)C=C1C#N.[B][C@H]1CC(OC(C)C)[C@@H](COP(=O)([O-])[O-])O1.[B][C@H]1CC(OC(C)C)[C@@H](COP(=O)([O-])[O-])O1.[B][C@H]1[CH-]C(O)[C@@H](COC(C)C)O1.[OH-].[W].[W].[W].[W]. The number of aliphatic hydroxyl groups is 1. The third-order valence-corrected chi connectivity index (χ3v) is 18.5. The van der Waals surface area contributed by atoms with E-state index in [9.17, 15) is 63.3 Å². The number of rotatable bonds is 39. The van der Waals surface area contributed by atoms with Crippen molar-refractivity contribution in [2.75, 3.05) is 66.0 Å². The monoisotopic (exact) mass is 2430 g/mol. The predicted octanol–water partition coefficient (Wildman–Crippen LogP) is -1.14. The molecule has 53 heteroatoms. The maximum atomic E-state index is 12.6. The summed E-state index contributed by atoms with van der Waals surface area (Å²) in [5.41, 5.74) is -1.58. The van der Waals surface area contributed by atoms with E-state index in [4.69, 9.17) is 162 Å². The molecule has 6 saturated heterocycles. The van der Waals surface area contributed by atoms with Crippen molar-refractivity contribution in [1.82, 2.24) is 0 Å². The van der Waals surface area contributed by atoms with Crippen LogP contribution in [0.25, 0.3) is 0 Å². The minimum atomic E-state index is -5.01. The molecule has 0 aromatic rings. The van der Waals surface area contributed by atoms with Gasteiger partial charge < -0.3 is 152 Å². The van der Waals surface area contributed by atoms with Gasteiger partial charge in [-0.15, -0.1) is 0 Å². The van der Waals surface area contributed by atoms with Crippen LogP contribution in [0.15, 0.2) is 11.6 Å². The molecule has 0 saturated carbocycles. The van der Waals surface area contributed by atoms with Crippen LogP contribution in [0.1, 0.15) is 130 Å². The molecule has 23 atom stereocenters. The molecule has 0 amide bonds. The molecule has 7 rings (SSSR count). The molecule has 0 spiro atoms. The van der Waals surface area contributed by atoms with Gasteiger partial charge in [-0.2, -0.15) is 15.8 Å². The predicted molar refractivity (Wildman–Crippen MR) is 404 cm³/mol. The second-order valence-corrected chi connectivity index (χ2v) is 33.7.